The number of unbranched alkanes of at least 4 members (excludes halogenated alkanes) is 8. The maximum atomic E-state index is 12.3. The number of carbonyl (C=O) groups is 7. The van der Waals surface area contributed by atoms with Crippen LogP contribution in [0.5, 0.6) is 5.75 Å². The second-order valence-corrected chi connectivity index (χ2v) is 15.4. The number of benzene rings is 1. The fraction of sp³-hybridized carbons (Fsp3) is 0.651. The standard InChI is InChI=1S/C43H66FIN4O14/c44-20-19-33(41(45)54)11-8-9-21-46-39(52)31-61-29-28-60-26-23-48-40(53)32-62-30-27-59-25-22-47-37(50)18-17-36(43(57)58)49-38(51)12-7-5-3-1-2-4-6-10-24-63-35-15-13-34(14-16-35)42(55)56/h13-16,19-20,33,36H,1-12,17-18,21-32H2,(H,46,52)(H,47,50)(H,48,53)(H,49,51)(H,55,56)(H,57,58)/b20-19+/t33-,36+/m1/s1. The van der Waals surface area contributed by atoms with Crippen LogP contribution in [0.4, 0.5) is 4.39 Å². The zero-order valence-corrected chi connectivity index (χ0v) is 38.2. The first-order valence-corrected chi connectivity index (χ1v) is 22.6. The highest BCUT2D eigenvalue weighted by Gasteiger charge is 2.21. The third kappa shape index (κ3) is 33.0. The summed E-state index contributed by atoms with van der Waals surface area (Å²) < 4.78 is 39.1. The van der Waals surface area contributed by atoms with Crippen LogP contribution in [0.25, 0.3) is 0 Å². The molecule has 1 rings (SSSR count). The molecular weight excluding hydrogens is 942 g/mol. The Hall–Kier alpha value is -4.25. The van der Waals surface area contributed by atoms with Gasteiger partial charge in [0.2, 0.25) is 23.6 Å². The van der Waals surface area contributed by atoms with Crippen LogP contribution in [-0.2, 0) is 47.7 Å². The SMILES string of the molecule is O=C(CC[C@H](NC(=O)CCCCCCCCCCOc1ccc(C(=O)O)cc1)C(=O)O)NCCOCCOCC(=O)NCCOCCOCC(=O)NCCCC[C@H](/C=C/F)C(=O)I. The summed E-state index contributed by atoms with van der Waals surface area (Å²) in [6.45, 7) is 2.30. The molecule has 1 aromatic rings. The van der Waals surface area contributed by atoms with Crippen molar-refractivity contribution >= 4 is 61.9 Å². The molecule has 0 spiro atoms. The molecular formula is C43H66FIN4O14. The number of aromatic carboxylic acids is 1. The molecule has 0 radical (unpaired) electrons. The molecule has 20 heteroatoms. The molecule has 4 amide bonds. The minimum Gasteiger partial charge on any atom is -0.494 e. The lowest BCUT2D eigenvalue weighted by Crippen LogP contribution is -2.41. The number of amides is 4. The number of allylic oxidation sites excluding steroid dienone is 1. The molecule has 0 aromatic heterocycles. The smallest absolute Gasteiger partial charge is 0.335 e. The van der Waals surface area contributed by atoms with Gasteiger partial charge in [-0.05, 0) is 62.4 Å². The van der Waals surface area contributed by atoms with Crippen molar-refractivity contribution in [1.29, 1.82) is 0 Å². The lowest BCUT2D eigenvalue weighted by molar-refractivity contribution is -0.142. The second kappa shape index (κ2) is 38.2. The van der Waals surface area contributed by atoms with Gasteiger partial charge in [-0.2, -0.15) is 0 Å². The molecule has 0 aliphatic heterocycles. The highest BCUT2D eigenvalue weighted by molar-refractivity contribution is 14.1. The quantitative estimate of drug-likeness (QED) is 0.0305. The number of hydrogen-bond acceptors (Lipinski definition) is 12. The number of ether oxygens (including phenoxy) is 5. The molecule has 0 unspecified atom stereocenters. The molecule has 0 saturated carbocycles. The van der Waals surface area contributed by atoms with Gasteiger partial charge in [-0.3, -0.25) is 24.0 Å². The first-order chi connectivity index (χ1) is 30.4. The summed E-state index contributed by atoms with van der Waals surface area (Å²) in [6, 6.07) is 5.16. The number of nitrogens with one attached hydrogen (secondary N) is 4. The van der Waals surface area contributed by atoms with E-state index in [1.807, 2.05) is 0 Å². The van der Waals surface area contributed by atoms with Gasteiger partial charge in [-0.15, -0.1) is 0 Å². The van der Waals surface area contributed by atoms with Gasteiger partial charge in [0.15, 0.2) is 3.79 Å². The molecule has 0 bridgehead atoms. The van der Waals surface area contributed by atoms with E-state index < -0.39 is 23.9 Å². The van der Waals surface area contributed by atoms with E-state index in [1.54, 1.807) is 34.7 Å². The van der Waals surface area contributed by atoms with Crippen molar-refractivity contribution in [2.75, 3.05) is 79.1 Å². The molecule has 0 fully saturated rings. The Kier molecular flexibility index (Phi) is 34.4. The largest absolute Gasteiger partial charge is 0.494 e. The summed E-state index contributed by atoms with van der Waals surface area (Å²) in [6.07, 6.45) is 11.0. The van der Waals surface area contributed by atoms with Crippen molar-refractivity contribution in [2.24, 2.45) is 5.92 Å². The summed E-state index contributed by atoms with van der Waals surface area (Å²) in [4.78, 5) is 82.2. The third-order valence-electron chi connectivity index (χ3n) is 9.17. The van der Waals surface area contributed by atoms with E-state index in [0.29, 0.717) is 50.9 Å². The molecule has 6 N–H and O–H groups in total. The third-order valence-corrected chi connectivity index (χ3v) is 9.97. The summed E-state index contributed by atoms with van der Waals surface area (Å²) in [7, 11) is 0. The number of halogens is 2. The van der Waals surface area contributed by atoms with E-state index in [4.69, 9.17) is 28.8 Å². The van der Waals surface area contributed by atoms with Crippen molar-refractivity contribution in [3.05, 3.63) is 42.2 Å². The fourth-order valence-corrected chi connectivity index (χ4v) is 6.23. The molecule has 18 nitrogen and oxygen atoms in total. The Morgan fingerprint density at radius 3 is 1.68 bits per heavy atom. The first kappa shape index (κ1) is 56.8. The van der Waals surface area contributed by atoms with E-state index in [9.17, 15) is 43.1 Å². The monoisotopic (exact) mass is 1010 g/mol. The van der Waals surface area contributed by atoms with Gasteiger partial charge >= 0.3 is 11.9 Å². The summed E-state index contributed by atoms with van der Waals surface area (Å²) in [5, 5.41) is 29.0. The van der Waals surface area contributed by atoms with Crippen LogP contribution >= 0.6 is 22.6 Å². The van der Waals surface area contributed by atoms with Gasteiger partial charge < -0.3 is 55.2 Å². The van der Waals surface area contributed by atoms with Gasteiger partial charge in [-0.25, -0.2) is 14.0 Å². The number of carboxylic acids is 2. The van der Waals surface area contributed by atoms with Crippen LogP contribution in [-0.4, -0.2) is 135 Å². The Morgan fingerprint density at radius 2 is 1.13 bits per heavy atom. The highest BCUT2D eigenvalue weighted by atomic mass is 127. The van der Waals surface area contributed by atoms with Crippen molar-refractivity contribution in [2.45, 2.75) is 95.9 Å². The number of carboxylic acid groups (broad SMARTS) is 2. The van der Waals surface area contributed by atoms with E-state index in [-0.39, 0.29) is 118 Å². The fourth-order valence-electron chi connectivity index (χ4n) is 5.71. The average Bonchev–Trinajstić information content (AvgIpc) is 3.25. The Balaban J connectivity index is 1.93. The van der Waals surface area contributed by atoms with E-state index in [1.165, 1.54) is 18.2 Å². The first-order valence-electron chi connectivity index (χ1n) is 21.5. The van der Waals surface area contributed by atoms with Gasteiger partial charge in [-0.1, -0.05) is 44.9 Å². The van der Waals surface area contributed by atoms with E-state index >= 15 is 0 Å². The van der Waals surface area contributed by atoms with Crippen molar-refractivity contribution < 1.29 is 71.8 Å². The molecule has 356 valence electrons. The molecule has 0 aliphatic carbocycles. The zero-order valence-electron chi connectivity index (χ0n) is 36.1. The van der Waals surface area contributed by atoms with Crippen LogP contribution < -0.4 is 26.0 Å². The van der Waals surface area contributed by atoms with Crippen LogP contribution in [0.3, 0.4) is 0 Å². The Bertz CT molecular complexity index is 1500. The predicted molar refractivity (Wildman–Crippen MR) is 238 cm³/mol. The lowest BCUT2D eigenvalue weighted by atomic mass is 10.0. The zero-order chi connectivity index (χ0) is 46.3. The number of rotatable bonds is 41. The minimum atomic E-state index is -1.21. The van der Waals surface area contributed by atoms with Crippen LogP contribution in [0.1, 0.15) is 100 Å². The van der Waals surface area contributed by atoms with Gasteiger partial charge in [0.25, 0.3) is 0 Å². The van der Waals surface area contributed by atoms with Crippen LogP contribution in [0.15, 0.2) is 36.7 Å². The van der Waals surface area contributed by atoms with Gasteiger partial charge in [0, 0.05) is 61.0 Å². The summed E-state index contributed by atoms with van der Waals surface area (Å²) >= 11 is 1.64. The minimum absolute atomic E-state index is 0.0511. The number of aliphatic carboxylic acids is 1. The molecule has 63 heavy (non-hydrogen) atoms. The molecule has 0 heterocycles. The Morgan fingerprint density at radius 1 is 0.587 bits per heavy atom. The van der Waals surface area contributed by atoms with E-state index in [2.05, 4.69) is 21.3 Å². The summed E-state index contributed by atoms with van der Waals surface area (Å²) in [5.74, 6) is -3.35. The predicted octanol–water partition coefficient (Wildman–Crippen LogP) is 4.27. The van der Waals surface area contributed by atoms with Crippen molar-refractivity contribution in [3.63, 3.8) is 0 Å². The molecule has 1 aromatic carbocycles. The van der Waals surface area contributed by atoms with Crippen LogP contribution in [0.2, 0.25) is 0 Å². The normalized spacial score (nSPS) is 12.0. The maximum absolute atomic E-state index is 12.3. The Labute approximate surface area is 382 Å². The molecule has 0 saturated heterocycles. The van der Waals surface area contributed by atoms with Crippen molar-refractivity contribution in [3.8, 4) is 5.75 Å². The van der Waals surface area contributed by atoms with Gasteiger partial charge in [0.1, 0.15) is 25.0 Å². The van der Waals surface area contributed by atoms with E-state index in [0.717, 1.165) is 44.9 Å². The molecule has 0 aliphatic rings. The number of hydrogen-bond donors (Lipinski definition) is 6. The number of carbonyl (C=O) groups excluding carboxylic acids is 5. The average molecular weight is 1010 g/mol. The molecule has 2 atom stereocenters. The lowest BCUT2D eigenvalue weighted by Gasteiger charge is -2.14. The maximum Gasteiger partial charge on any atom is 0.335 e. The van der Waals surface area contributed by atoms with Gasteiger partial charge in [0.05, 0.1) is 58.1 Å². The highest BCUT2D eigenvalue weighted by Crippen LogP contribution is 2.16. The topological polar surface area (TPSA) is 254 Å². The second-order valence-electron chi connectivity index (χ2n) is 14.4. The summed E-state index contributed by atoms with van der Waals surface area (Å²) in [5.41, 5.74) is 0.220. The van der Waals surface area contributed by atoms with Crippen LogP contribution in [0, 0.1) is 5.92 Å². The van der Waals surface area contributed by atoms with Crippen molar-refractivity contribution in [1.82, 2.24) is 21.3 Å².